The van der Waals surface area contributed by atoms with Crippen molar-refractivity contribution < 1.29 is 14.7 Å². The Hall–Kier alpha value is -2.12. The lowest BCUT2D eigenvalue weighted by Gasteiger charge is -2.36. The number of carbonyl (C=O) groups is 2. The molecule has 8 heteroatoms. The topological polar surface area (TPSA) is 108 Å². The maximum Gasteiger partial charge on any atom is 0.343 e. The van der Waals surface area contributed by atoms with Crippen molar-refractivity contribution in [1.82, 2.24) is 19.7 Å². The van der Waals surface area contributed by atoms with Crippen molar-refractivity contribution in [2.75, 3.05) is 0 Å². The number of nitrogens with zero attached hydrogens (tertiary/aromatic N) is 3. The highest BCUT2D eigenvalue weighted by Gasteiger charge is 2.50. The summed E-state index contributed by atoms with van der Waals surface area (Å²) in [5.74, 6) is 0.298. The number of aliphatic carboxylic acids is 1. The van der Waals surface area contributed by atoms with Gasteiger partial charge in [0.25, 0.3) is 0 Å². The third kappa shape index (κ3) is 1.97. The van der Waals surface area contributed by atoms with E-state index in [4.69, 9.17) is 0 Å². The van der Waals surface area contributed by atoms with Crippen molar-refractivity contribution in [2.24, 2.45) is 17.8 Å². The Morgan fingerprint density at radius 3 is 2.91 bits per heavy atom. The molecule has 2 saturated carbocycles. The number of carbonyl (C=O) groups excluding carboxylic acids is 1. The molecule has 1 aromatic heterocycles. The molecular weight excluding hydrogens is 288 g/mol. The number of H-pyrrole nitrogens is 1. The molecule has 1 aromatic rings. The van der Waals surface area contributed by atoms with Crippen molar-refractivity contribution >= 4 is 11.9 Å². The zero-order chi connectivity index (χ0) is 15.4. The predicted octanol–water partition coefficient (Wildman–Crippen LogP) is -0.197. The summed E-state index contributed by atoms with van der Waals surface area (Å²) >= 11 is 0. The van der Waals surface area contributed by atoms with Gasteiger partial charge in [-0.15, -0.1) is 0 Å². The molecule has 0 radical (unpaired) electrons. The van der Waals surface area contributed by atoms with E-state index >= 15 is 0 Å². The van der Waals surface area contributed by atoms with E-state index in [1.54, 1.807) is 0 Å². The molecule has 2 N–H and O–H groups in total. The number of hydrogen-bond donors (Lipinski definition) is 2. The molecule has 2 fully saturated rings. The number of carboxylic acids is 1. The normalized spacial score (nSPS) is 33.0. The second kappa shape index (κ2) is 4.69. The van der Waals surface area contributed by atoms with Gasteiger partial charge in [0.2, 0.25) is 5.91 Å². The summed E-state index contributed by atoms with van der Waals surface area (Å²) < 4.78 is 1.31. The summed E-state index contributed by atoms with van der Waals surface area (Å²) in [6, 6.07) is -0.991. The first-order valence-electron chi connectivity index (χ1n) is 7.73. The Bertz CT molecular complexity index is 693. The number of hydrogen-bond acceptors (Lipinski definition) is 4. The average Bonchev–Trinajstić information content (AvgIpc) is 3.22. The standard InChI is InChI=1S/C14H18N4O4/c19-12(8-3-1-2-7-4-9(7)8)17-6-11-15-16-14(22)18(11)5-10(17)13(20)21/h7-10H,1-6H2,(H,16,22)(H,20,21). The second-order valence-corrected chi connectivity index (χ2v) is 6.57. The number of aromatic nitrogens is 3. The SMILES string of the molecule is O=C(O)C1Cn2c(n[nH]c2=O)CN1C(=O)C1CCCC2CC21. The molecule has 0 spiro atoms. The monoisotopic (exact) mass is 306 g/mol. The minimum absolute atomic E-state index is 0.0352. The minimum Gasteiger partial charge on any atom is -0.480 e. The Balaban J connectivity index is 1.62. The zero-order valence-electron chi connectivity index (χ0n) is 12.1. The maximum absolute atomic E-state index is 12.9. The van der Waals surface area contributed by atoms with Crippen LogP contribution in [-0.2, 0) is 22.7 Å². The van der Waals surface area contributed by atoms with Gasteiger partial charge in [-0.25, -0.2) is 14.7 Å². The van der Waals surface area contributed by atoms with Crippen LogP contribution < -0.4 is 5.69 Å². The molecule has 1 amide bonds. The van der Waals surface area contributed by atoms with Crippen LogP contribution in [0.2, 0.25) is 0 Å². The molecule has 1 aliphatic heterocycles. The fraction of sp³-hybridized carbons (Fsp3) is 0.714. The van der Waals surface area contributed by atoms with Crippen molar-refractivity contribution in [1.29, 1.82) is 0 Å². The van der Waals surface area contributed by atoms with Crippen molar-refractivity contribution in [2.45, 2.75) is 44.8 Å². The predicted molar refractivity (Wildman–Crippen MR) is 73.8 cm³/mol. The third-order valence-corrected chi connectivity index (χ3v) is 5.35. The first kappa shape index (κ1) is 13.5. The van der Waals surface area contributed by atoms with Crippen LogP contribution in [0.4, 0.5) is 0 Å². The average molecular weight is 306 g/mol. The van der Waals surface area contributed by atoms with E-state index in [9.17, 15) is 19.5 Å². The van der Waals surface area contributed by atoms with Gasteiger partial charge >= 0.3 is 11.7 Å². The number of fused-ring (bicyclic) bond motifs is 2. The summed E-state index contributed by atoms with van der Waals surface area (Å²) in [5.41, 5.74) is -0.423. The number of nitrogens with one attached hydrogen (secondary N) is 1. The summed E-state index contributed by atoms with van der Waals surface area (Å²) in [6.07, 6.45) is 4.16. The highest BCUT2D eigenvalue weighted by molar-refractivity contribution is 5.85. The lowest BCUT2D eigenvalue weighted by Crippen LogP contribution is -2.54. The van der Waals surface area contributed by atoms with Gasteiger partial charge in [0.15, 0.2) is 5.82 Å². The van der Waals surface area contributed by atoms with Crippen LogP contribution in [0.25, 0.3) is 0 Å². The molecule has 0 aromatic carbocycles. The summed E-state index contributed by atoms with van der Waals surface area (Å²) in [4.78, 5) is 37.4. The Labute approximate surface area is 126 Å². The first-order valence-corrected chi connectivity index (χ1v) is 7.73. The number of rotatable bonds is 2. The van der Waals surface area contributed by atoms with Gasteiger partial charge in [-0.2, -0.15) is 5.10 Å². The van der Waals surface area contributed by atoms with Crippen molar-refractivity contribution in [3.05, 3.63) is 16.3 Å². The van der Waals surface area contributed by atoms with Crippen molar-refractivity contribution in [3.8, 4) is 0 Å². The highest BCUT2D eigenvalue weighted by atomic mass is 16.4. The second-order valence-electron chi connectivity index (χ2n) is 6.57. The van der Waals surface area contributed by atoms with E-state index in [0.717, 1.165) is 19.3 Å². The lowest BCUT2D eigenvalue weighted by molar-refractivity contribution is -0.155. The Morgan fingerprint density at radius 1 is 1.32 bits per heavy atom. The molecule has 0 saturated heterocycles. The molecule has 22 heavy (non-hydrogen) atoms. The summed E-state index contributed by atoms with van der Waals surface area (Å²) in [5, 5.41) is 15.7. The molecule has 4 rings (SSSR count). The molecule has 3 aliphatic rings. The fourth-order valence-electron chi connectivity index (χ4n) is 4.07. The van der Waals surface area contributed by atoms with Crippen LogP contribution in [0.3, 0.4) is 0 Å². The zero-order valence-corrected chi connectivity index (χ0v) is 12.1. The van der Waals surface area contributed by atoms with E-state index in [1.807, 2.05) is 0 Å². The van der Waals surface area contributed by atoms with Crippen LogP contribution in [0.5, 0.6) is 0 Å². The molecular formula is C14H18N4O4. The van der Waals surface area contributed by atoms with Crippen LogP contribution >= 0.6 is 0 Å². The van der Waals surface area contributed by atoms with Gasteiger partial charge in [0.05, 0.1) is 13.1 Å². The molecule has 8 nitrogen and oxygen atoms in total. The van der Waals surface area contributed by atoms with Gasteiger partial charge in [-0.05, 0) is 24.7 Å². The van der Waals surface area contributed by atoms with E-state index in [1.165, 1.54) is 15.9 Å². The van der Waals surface area contributed by atoms with Crippen LogP contribution in [0, 0.1) is 17.8 Å². The molecule has 118 valence electrons. The van der Waals surface area contributed by atoms with Crippen molar-refractivity contribution in [3.63, 3.8) is 0 Å². The summed E-state index contributed by atoms with van der Waals surface area (Å²) in [6.45, 7) is 0.0506. The molecule has 0 bridgehead atoms. The quantitative estimate of drug-likeness (QED) is 0.787. The lowest BCUT2D eigenvalue weighted by atomic mass is 9.87. The maximum atomic E-state index is 12.9. The van der Waals surface area contributed by atoms with Gasteiger partial charge in [-0.3, -0.25) is 9.36 Å². The minimum atomic E-state index is -1.07. The summed E-state index contributed by atoms with van der Waals surface area (Å²) in [7, 11) is 0. The number of aromatic amines is 1. The van der Waals surface area contributed by atoms with E-state index in [2.05, 4.69) is 10.2 Å². The van der Waals surface area contributed by atoms with Crippen LogP contribution in [0.1, 0.15) is 31.5 Å². The van der Waals surface area contributed by atoms with E-state index in [0.29, 0.717) is 17.7 Å². The number of carboxylic acid groups (broad SMARTS) is 1. The Kier molecular flexibility index (Phi) is 2.88. The van der Waals surface area contributed by atoms with E-state index < -0.39 is 17.7 Å². The van der Waals surface area contributed by atoms with Crippen LogP contribution in [0.15, 0.2) is 4.79 Å². The Morgan fingerprint density at radius 2 is 2.14 bits per heavy atom. The van der Waals surface area contributed by atoms with Gasteiger partial charge in [0.1, 0.15) is 6.04 Å². The smallest absolute Gasteiger partial charge is 0.343 e. The van der Waals surface area contributed by atoms with Gasteiger partial charge in [0, 0.05) is 5.92 Å². The number of amides is 1. The largest absolute Gasteiger partial charge is 0.480 e. The van der Waals surface area contributed by atoms with E-state index in [-0.39, 0.29) is 24.9 Å². The highest BCUT2D eigenvalue weighted by Crippen LogP contribution is 2.53. The van der Waals surface area contributed by atoms with Crippen LogP contribution in [-0.4, -0.2) is 42.7 Å². The third-order valence-electron chi connectivity index (χ3n) is 5.35. The molecule has 4 unspecified atom stereocenters. The first-order chi connectivity index (χ1) is 10.6. The van der Waals surface area contributed by atoms with Gasteiger partial charge in [-0.1, -0.05) is 12.8 Å². The molecule has 2 aliphatic carbocycles. The fourth-order valence-corrected chi connectivity index (χ4v) is 4.07. The molecule has 4 atom stereocenters. The van der Waals surface area contributed by atoms with Gasteiger partial charge < -0.3 is 10.0 Å². The molecule has 2 heterocycles.